The number of nitrogens with one attached hydrogen (secondary N) is 3. The molecule has 100 valence electrons. The maximum atomic E-state index is 11.5. The Morgan fingerprint density at radius 2 is 2.00 bits per heavy atom. The van der Waals surface area contributed by atoms with Crippen LogP contribution in [0, 0.1) is 0 Å². The van der Waals surface area contributed by atoms with Gasteiger partial charge < -0.3 is 20.7 Å². The topological polar surface area (TPSA) is 62.4 Å². The van der Waals surface area contributed by atoms with Crippen LogP contribution in [0.25, 0.3) is 0 Å². The molecule has 0 bridgehead atoms. The molecule has 18 heavy (non-hydrogen) atoms. The lowest BCUT2D eigenvalue weighted by Gasteiger charge is -2.12. The molecule has 0 radical (unpaired) electrons. The van der Waals surface area contributed by atoms with Crippen molar-refractivity contribution in [2.75, 3.05) is 32.6 Å². The van der Waals surface area contributed by atoms with Crippen LogP contribution in [0.3, 0.4) is 0 Å². The second-order valence-corrected chi connectivity index (χ2v) is 4.01. The van der Waals surface area contributed by atoms with E-state index in [1.165, 1.54) is 5.56 Å². The van der Waals surface area contributed by atoms with Crippen molar-refractivity contribution in [1.82, 2.24) is 10.6 Å². The van der Waals surface area contributed by atoms with E-state index in [4.69, 9.17) is 4.74 Å². The molecule has 1 rings (SSSR count). The fourth-order valence-corrected chi connectivity index (χ4v) is 1.46. The van der Waals surface area contributed by atoms with Crippen LogP contribution in [0.5, 0.6) is 0 Å². The Hall–Kier alpha value is -1.59. The zero-order chi connectivity index (χ0) is 13.4. The van der Waals surface area contributed by atoms with Gasteiger partial charge in [0.05, 0.1) is 6.61 Å². The van der Waals surface area contributed by atoms with E-state index in [1.54, 1.807) is 7.11 Å². The summed E-state index contributed by atoms with van der Waals surface area (Å²) < 4.78 is 4.85. The third kappa shape index (κ3) is 4.73. The van der Waals surface area contributed by atoms with Gasteiger partial charge in [-0.3, -0.25) is 0 Å². The Balaban J connectivity index is 2.45. The van der Waals surface area contributed by atoms with Crippen molar-refractivity contribution in [3.63, 3.8) is 0 Å². The summed E-state index contributed by atoms with van der Waals surface area (Å²) in [6.07, 6.45) is 0. The quantitative estimate of drug-likeness (QED) is 0.675. The van der Waals surface area contributed by atoms with Crippen LogP contribution in [-0.2, 0) is 4.74 Å². The van der Waals surface area contributed by atoms with Crippen LogP contribution < -0.4 is 16.0 Å². The molecule has 0 spiro atoms. The highest BCUT2D eigenvalue weighted by molar-refractivity contribution is 5.89. The molecule has 0 aliphatic rings. The maximum Gasteiger partial charge on any atom is 0.319 e. The zero-order valence-electron chi connectivity index (χ0n) is 11.1. The molecule has 0 aromatic heterocycles. The number of methoxy groups -OCH3 is 1. The summed E-state index contributed by atoms with van der Waals surface area (Å²) in [5.41, 5.74) is 1.96. The van der Waals surface area contributed by atoms with Crippen molar-refractivity contribution in [2.45, 2.75) is 13.0 Å². The molecule has 5 heteroatoms. The molecule has 1 atom stereocenters. The summed E-state index contributed by atoms with van der Waals surface area (Å²) in [4.78, 5) is 11.5. The molecular weight excluding hydrogens is 230 g/mol. The van der Waals surface area contributed by atoms with Crippen molar-refractivity contribution in [2.24, 2.45) is 0 Å². The van der Waals surface area contributed by atoms with Gasteiger partial charge in [-0.2, -0.15) is 0 Å². The number of carbonyl (C=O) groups is 1. The molecule has 3 N–H and O–H groups in total. The lowest BCUT2D eigenvalue weighted by atomic mass is 10.1. The minimum Gasteiger partial charge on any atom is -0.383 e. The normalized spacial score (nSPS) is 11.9. The average Bonchev–Trinajstić information content (AvgIpc) is 2.39. The van der Waals surface area contributed by atoms with E-state index in [-0.39, 0.29) is 6.03 Å². The van der Waals surface area contributed by atoms with Crippen molar-refractivity contribution in [3.8, 4) is 0 Å². The molecule has 0 aliphatic carbocycles. The smallest absolute Gasteiger partial charge is 0.319 e. The summed E-state index contributed by atoms with van der Waals surface area (Å²) in [6, 6.07) is 7.84. The summed E-state index contributed by atoms with van der Waals surface area (Å²) in [6.45, 7) is 3.09. The monoisotopic (exact) mass is 251 g/mol. The van der Waals surface area contributed by atoms with E-state index in [0.29, 0.717) is 19.2 Å². The lowest BCUT2D eigenvalue weighted by molar-refractivity contribution is 0.198. The number of urea groups is 1. The van der Waals surface area contributed by atoms with Gasteiger partial charge >= 0.3 is 6.03 Å². The summed E-state index contributed by atoms with van der Waals surface area (Å²) in [7, 11) is 3.52. The van der Waals surface area contributed by atoms with Crippen LogP contribution in [0.4, 0.5) is 10.5 Å². The SMILES string of the molecule is CNC(C)c1ccc(NC(=O)NCCOC)cc1. The molecular formula is C13H21N3O2. The third-order valence-corrected chi connectivity index (χ3v) is 2.69. The van der Waals surface area contributed by atoms with E-state index >= 15 is 0 Å². The highest BCUT2D eigenvalue weighted by atomic mass is 16.5. The molecule has 0 aliphatic heterocycles. The summed E-state index contributed by atoms with van der Waals surface area (Å²) in [5.74, 6) is 0. The summed E-state index contributed by atoms with van der Waals surface area (Å²) >= 11 is 0. The molecule has 5 nitrogen and oxygen atoms in total. The van der Waals surface area contributed by atoms with Gasteiger partial charge in [-0.05, 0) is 31.7 Å². The molecule has 1 aromatic carbocycles. The van der Waals surface area contributed by atoms with Crippen molar-refractivity contribution in [3.05, 3.63) is 29.8 Å². The first kappa shape index (κ1) is 14.5. The van der Waals surface area contributed by atoms with Crippen molar-refractivity contribution in [1.29, 1.82) is 0 Å². The first-order chi connectivity index (χ1) is 8.67. The van der Waals surface area contributed by atoms with Gasteiger partial charge in [0.2, 0.25) is 0 Å². The largest absolute Gasteiger partial charge is 0.383 e. The first-order valence-corrected chi connectivity index (χ1v) is 5.98. The minimum atomic E-state index is -0.221. The first-order valence-electron chi connectivity index (χ1n) is 5.98. The number of ether oxygens (including phenoxy) is 1. The number of benzene rings is 1. The van der Waals surface area contributed by atoms with E-state index in [2.05, 4.69) is 22.9 Å². The molecule has 1 unspecified atom stereocenters. The number of anilines is 1. The predicted molar refractivity (Wildman–Crippen MR) is 72.8 cm³/mol. The van der Waals surface area contributed by atoms with Crippen LogP contribution >= 0.6 is 0 Å². The van der Waals surface area contributed by atoms with Crippen LogP contribution in [-0.4, -0.2) is 33.3 Å². The number of rotatable bonds is 6. The Kier molecular flexibility index (Phi) is 6.18. The van der Waals surface area contributed by atoms with Crippen LogP contribution in [0.15, 0.2) is 24.3 Å². The van der Waals surface area contributed by atoms with Crippen molar-refractivity contribution >= 4 is 11.7 Å². The van der Waals surface area contributed by atoms with Crippen LogP contribution in [0.1, 0.15) is 18.5 Å². The molecule has 2 amide bonds. The van der Waals surface area contributed by atoms with Gasteiger partial charge in [0.25, 0.3) is 0 Å². The predicted octanol–water partition coefficient (Wildman–Crippen LogP) is 1.73. The Morgan fingerprint density at radius 3 is 2.56 bits per heavy atom. The standard InChI is InChI=1S/C13H21N3O2/c1-10(14-2)11-4-6-12(7-5-11)16-13(17)15-8-9-18-3/h4-7,10,14H,8-9H2,1-3H3,(H2,15,16,17). The fourth-order valence-electron chi connectivity index (χ4n) is 1.46. The van der Waals surface area contributed by atoms with E-state index in [1.807, 2.05) is 31.3 Å². The number of hydrogen-bond donors (Lipinski definition) is 3. The molecule has 0 saturated carbocycles. The van der Waals surface area contributed by atoms with Crippen molar-refractivity contribution < 1.29 is 9.53 Å². The van der Waals surface area contributed by atoms with E-state index < -0.39 is 0 Å². The average molecular weight is 251 g/mol. The van der Waals surface area contributed by atoms with E-state index in [9.17, 15) is 4.79 Å². The molecule has 0 fully saturated rings. The zero-order valence-corrected chi connectivity index (χ0v) is 11.1. The third-order valence-electron chi connectivity index (χ3n) is 2.69. The maximum absolute atomic E-state index is 11.5. The van der Waals surface area contributed by atoms with Gasteiger partial charge in [-0.1, -0.05) is 12.1 Å². The van der Waals surface area contributed by atoms with Gasteiger partial charge in [0, 0.05) is 25.4 Å². The molecule has 0 heterocycles. The Morgan fingerprint density at radius 1 is 1.33 bits per heavy atom. The second kappa shape index (κ2) is 7.68. The molecule has 1 aromatic rings. The van der Waals surface area contributed by atoms with Crippen LogP contribution in [0.2, 0.25) is 0 Å². The summed E-state index contributed by atoms with van der Waals surface area (Å²) in [5, 5.41) is 8.61. The highest BCUT2D eigenvalue weighted by Crippen LogP contribution is 2.15. The van der Waals surface area contributed by atoms with Gasteiger partial charge in [0.1, 0.15) is 0 Å². The lowest BCUT2D eigenvalue weighted by Crippen LogP contribution is -2.31. The Bertz CT molecular complexity index is 365. The number of amides is 2. The van der Waals surface area contributed by atoms with Gasteiger partial charge in [-0.15, -0.1) is 0 Å². The van der Waals surface area contributed by atoms with Gasteiger partial charge in [-0.25, -0.2) is 4.79 Å². The minimum absolute atomic E-state index is 0.221. The molecule has 0 saturated heterocycles. The number of hydrogen-bond acceptors (Lipinski definition) is 3. The Labute approximate surface area is 108 Å². The van der Waals surface area contributed by atoms with Gasteiger partial charge in [0.15, 0.2) is 0 Å². The second-order valence-electron chi connectivity index (χ2n) is 4.01. The highest BCUT2D eigenvalue weighted by Gasteiger charge is 2.03. The van der Waals surface area contributed by atoms with E-state index in [0.717, 1.165) is 5.69 Å². The number of carbonyl (C=O) groups excluding carboxylic acids is 1. The fraction of sp³-hybridized carbons (Fsp3) is 0.462.